The van der Waals surface area contributed by atoms with Crippen LogP contribution in [0.5, 0.6) is 5.75 Å². The largest absolute Gasteiger partial charge is 0.494 e. The Balaban J connectivity index is 1.31. The van der Waals surface area contributed by atoms with Gasteiger partial charge >= 0.3 is 0 Å². The average Bonchev–Trinajstić information content (AvgIpc) is 3.39. The standard InChI is InChI=1S/C25H35I2N7O3P2/c1-33(19-9-5-4-6-10-19)23-22-24(34(38-26)17-28-22)31-25(30-23)29-18-12-14-20(15-13-18)36-16-8-3-2-7-11-21(35)32-37-39-27/h12-15,17,19,38-39H,2-11,16H2,1H3,(H,32,35)(H,29,30,31). The Morgan fingerprint density at radius 2 is 1.87 bits per heavy atom. The lowest BCUT2D eigenvalue weighted by atomic mass is 9.94. The van der Waals surface area contributed by atoms with Crippen molar-refractivity contribution in [1.29, 1.82) is 0 Å². The zero-order chi connectivity index (χ0) is 27.5. The molecule has 1 saturated carbocycles. The molecule has 1 aromatic carbocycles. The number of carbonyl (C=O) groups excluding carboxylic acids is 1. The van der Waals surface area contributed by atoms with Crippen molar-refractivity contribution in [2.75, 3.05) is 23.9 Å². The second-order valence-corrected chi connectivity index (χ2v) is 13.3. The summed E-state index contributed by atoms with van der Waals surface area (Å²) in [6.07, 6.45) is 12.9. The number of hydroxylamine groups is 1. The molecule has 0 saturated heterocycles. The number of rotatable bonds is 15. The first kappa shape index (κ1) is 30.9. The average molecular weight is 797 g/mol. The van der Waals surface area contributed by atoms with E-state index < -0.39 is 0 Å². The van der Waals surface area contributed by atoms with Gasteiger partial charge in [0.2, 0.25) is 11.9 Å². The number of hydrogen-bond acceptors (Lipinski definition) is 8. The Morgan fingerprint density at radius 1 is 1.10 bits per heavy atom. The summed E-state index contributed by atoms with van der Waals surface area (Å²) in [6.45, 7) is 0.884. The van der Waals surface area contributed by atoms with Gasteiger partial charge in [-0.25, -0.2) is 15.1 Å². The van der Waals surface area contributed by atoms with Gasteiger partial charge in [-0.15, -0.1) is 0 Å². The van der Waals surface area contributed by atoms with Gasteiger partial charge in [0.05, 0.1) is 13.0 Å². The molecule has 4 rings (SSSR count). The highest BCUT2D eigenvalue weighted by Crippen LogP contribution is 2.34. The summed E-state index contributed by atoms with van der Waals surface area (Å²) in [6, 6.07) is 8.38. The number of unbranched alkanes of at least 4 members (excludes halogenated alkanes) is 3. The normalized spacial score (nSPS) is 14.5. The first-order chi connectivity index (χ1) is 19.1. The van der Waals surface area contributed by atoms with Crippen molar-refractivity contribution in [2.24, 2.45) is 0 Å². The molecule has 0 spiro atoms. The van der Waals surface area contributed by atoms with Crippen LogP contribution in [-0.4, -0.2) is 44.9 Å². The molecule has 2 heterocycles. The molecule has 3 aromatic rings. The van der Waals surface area contributed by atoms with Crippen LogP contribution in [0, 0.1) is 0 Å². The first-order valence-corrected chi connectivity index (χ1v) is 21.3. The van der Waals surface area contributed by atoms with Gasteiger partial charge in [0, 0.05) is 25.2 Å². The van der Waals surface area contributed by atoms with Gasteiger partial charge in [0.1, 0.15) is 18.5 Å². The summed E-state index contributed by atoms with van der Waals surface area (Å²) in [5.74, 6) is 2.23. The van der Waals surface area contributed by atoms with Crippen molar-refractivity contribution in [2.45, 2.75) is 70.3 Å². The van der Waals surface area contributed by atoms with Crippen LogP contribution in [0.1, 0.15) is 64.2 Å². The summed E-state index contributed by atoms with van der Waals surface area (Å²) in [4.78, 5) is 28.2. The van der Waals surface area contributed by atoms with E-state index in [9.17, 15) is 4.79 Å². The highest BCUT2D eigenvalue weighted by Gasteiger charge is 2.23. The van der Waals surface area contributed by atoms with Crippen LogP contribution >= 0.6 is 56.9 Å². The number of aromatic nitrogens is 4. The highest BCUT2D eigenvalue weighted by atomic mass is 127. The lowest BCUT2D eigenvalue weighted by molar-refractivity contribution is -0.127. The molecule has 1 amide bonds. The Labute approximate surface area is 259 Å². The van der Waals surface area contributed by atoms with Gasteiger partial charge in [-0.1, -0.05) is 32.1 Å². The topological polar surface area (TPSA) is 106 Å². The lowest BCUT2D eigenvalue weighted by Crippen LogP contribution is -2.34. The Kier molecular flexibility index (Phi) is 13.0. The molecular formula is C25H35I2N7O3P2. The summed E-state index contributed by atoms with van der Waals surface area (Å²) in [5.41, 5.74) is 5.05. The summed E-state index contributed by atoms with van der Waals surface area (Å²) in [5, 5.41) is 3.39. The summed E-state index contributed by atoms with van der Waals surface area (Å²) >= 11 is 4.43. The van der Waals surface area contributed by atoms with E-state index in [0.717, 1.165) is 54.1 Å². The first-order valence-electron chi connectivity index (χ1n) is 13.2. The molecule has 1 aliphatic carbocycles. The van der Waals surface area contributed by atoms with Crippen LogP contribution < -0.4 is 20.4 Å². The minimum atomic E-state index is -0.0575. The molecule has 1 fully saturated rings. The molecule has 2 atom stereocenters. The van der Waals surface area contributed by atoms with Crippen molar-refractivity contribution in [3.05, 3.63) is 30.6 Å². The van der Waals surface area contributed by atoms with E-state index in [1.807, 2.05) is 30.6 Å². The van der Waals surface area contributed by atoms with Gasteiger partial charge in [-0.3, -0.25) is 9.13 Å². The van der Waals surface area contributed by atoms with E-state index in [1.54, 1.807) is 0 Å². The van der Waals surface area contributed by atoms with E-state index in [4.69, 9.17) is 19.3 Å². The molecule has 212 valence electrons. The third-order valence-corrected chi connectivity index (χ3v) is 9.71. The SMILES string of the molecule is CN(c1nc(Nc2ccc(OCCCCCCC(=O)NOPI)cc2)nc2c1ncn2PI)C1CCCCC1. The Bertz CT molecular complexity index is 1200. The van der Waals surface area contributed by atoms with Gasteiger partial charge in [-0.2, -0.15) is 9.97 Å². The predicted octanol–water partition coefficient (Wildman–Crippen LogP) is 7.45. The predicted molar refractivity (Wildman–Crippen MR) is 178 cm³/mol. The number of amides is 1. The van der Waals surface area contributed by atoms with E-state index >= 15 is 0 Å². The maximum Gasteiger partial charge on any atom is 0.243 e. The highest BCUT2D eigenvalue weighted by molar-refractivity contribution is 14.2. The zero-order valence-electron chi connectivity index (χ0n) is 22.0. The molecule has 10 nitrogen and oxygen atoms in total. The van der Waals surface area contributed by atoms with Crippen molar-refractivity contribution in [3.63, 3.8) is 0 Å². The zero-order valence-corrected chi connectivity index (χ0v) is 28.3. The van der Waals surface area contributed by atoms with Crippen LogP contribution in [0.2, 0.25) is 0 Å². The third kappa shape index (κ3) is 9.21. The van der Waals surface area contributed by atoms with Crippen LogP contribution in [0.4, 0.5) is 17.5 Å². The molecule has 2 N–H and O–H groups in total. The molecule has 1 aliphatic rings. The summed E-state index contributed by atoms with van der Waals surface area (Å²) < 4.78 is 12.9. The Morgan fingerprint density at radius 3 is 2.62 bits per heavy atom. The fraction of sp³-hybridized carbons (Fsp3) is 0.520. The molecule has 2 aromatic heterocycles. The maximum atomic E-state index is 11.5. The number of imidazole rings is 1. The Hall–Kier alpha value is -1.08. The maximum absolute atomic E-state index is 11.5. The number of fused-ring (bicyclic) bond motifs is 1. The van der Waals surface area contributed by atoms with Crippen molar-refractivity contribution >= 4 is 91.4 Å². The van der Waals surface area contributed by atoms with Gasteiger partial charge < -0.3 is 15.0 Å². The van der Waals surface area contributed by atoms with Crippen molar-refractivity contribution in [3.8, 4) is 5.75 Å². The minimum absolute atomic E-state index is 0.0575. The molecule has 0 bridgehead atoms. The molecule has 14 heteroatoms. The van der Waals surface area contributed by atoms with Gasteiger partial charge in [-0.05, 0) is 94.0 Å². The fourth-order valence-corrected chi connectivity index (χ4v) is 6.59. The van der Waals surface area contributed by atoms with Crippen LogP contribution in [0.25, 0.3) is 11.2 Å². The van der Waals surface area contributed by atoms with Crippen LogP contribution in [-0.2, 0) is 9.42 Å². The lowest BCUT2D eigenvalue weighted by Gasteiger charge is -2.32. The smallest absolute Gasteiger partial charge is 0.243 e. The number of anilines is 3. The number of halogens is 2. The molecule has 0 aliphatic heterocycles. The van der Waals surface area contributed by atoms with Gasteiger partial charge in [0.15, 0.2) is 17.0 Å². The van der Waals surface area contributed by atoms with Crippen molar-refractivity contribution in [1.82, 2.24) is 24.8 Å². The number of nitrogens with one attached hydrogen (secondary N) is 2. The quantitative estimate of drug-likeness (QED) is 0.0708. The number of hydrogen-bond donors (Lipinski definition) is 2. The molecule has 0 radical (unpaired) electrons. The number of nitrogens with zero attached hydrogens (tertiary/aromatic N) is 5. The van der Waals surface area contributed by atoms with E-state index in [1.165, 1.54) is 32.1 Å². The molecular weight excluding hydrogens is 762 g/mol. The molecule has 2 unspecified atom stereocenters. The second kappa shape index (κ2) is 16.4. The van der Waals surface area contributed by atoms with E-state index in [2.05, 4.69) is 76.1 Å². The second-order valence-electron chi connectivity index (χ2n) is 9.51. The van der Waals surface area contributed by atoms with Crippen molar-refractivity contribution < 1.29 is 14.2 Å². The number of benzene rings is 1. The minimum Gasteiger partial charge on any atom is -0.494 e. The monoisotopic (exact) mass is 797 g/mol. The third-order valence-electron chi connectivity index (χ3n) is 6.81. The number of ether oxygens (including phenoxy) is 1. The molecule has 39 heavy (non-hydrogen) atoms. The fourth-order valence-electron chi connectivity index (χ4n) is 4.71. The van der Waals surface area contributed by atoms with Crippen LogP contribution in [0.15, 0.2) is 30.6 Å². The van der Waals surface area contributed by atoms with Gasteiger partial charge in [0.25, 0.3) is 0 Å². The number of carbonyl (C=O) groups is 1. The van der Waals surface area contributed by atoms with Crippen LogP contribution in [0.3, 0.4) is 0 Å². The van der Waals surface area contributed by atoms with E-state index in [0.29, 0.717) is 31.4 Å². The summed E-state index contributed by atoms with van der Waals surface area (Å²) in [7, 11) is 2.14. The van der Waals surface area contributed by atoms with E-state index in [-0.39, 0.29) is 12.4 Å².